The summed E-state index contributed by atoms with van der Waals surface area (Å²) in [5.41, 5.74) is 1.23. The van der Waals surface area contributed by atoms with Gasteiger partial charge in [-0.05, 0) is 11.5 Å². The number of aromatic amines is 1. The van der Waals surface area contributed by atoms with Crippen molar-refractivity contribution in [3.8, 4) is 0 Å². The van der Waals surface area contributed by atoms with E-state index in [1.807, 2.05) is 6.20 Å². The Bertz CT molecular complexity index is 569. The Labute approximate surface area is 87.7 Å². The van der Waals surface area contributed by atoms with Crippen molar-refractivity contribution in [2.45, 2.75) is 0 Å². The van der Waals surface area contributed by atoms with Crippen molar-refractivity contribution in [1.29, 1.82) is 0 Å². The number of nitrogens with two attached hydrogens (primary N) is 2. The summed E-state index contributed by atoms with van der Waals surface area (Å²) in [5.74, 6) is 8.00. The highest BCUT2D eigenvalue weighted by molar-refractivity contribution is 6.05. The summed E-state index contributed by atoms with van der Waals surface area (Å²) in [6.07, 6.45) is 1.98. The second kappa shape index (κ2) is 4.13. The minimum absolute atomic E-state index is 1.23. The first-order valence-corrected chi connectivity index (χ1v) is 4.73. The van der Waals surface area contributed by atoms with Crippen LogP contribution in [0.5, 0.6) is 0 Å². The van der Waals surface area contributed by atoms with Crippen LogP contribution >= 0.6 is 0 Å². The van der Waals surface area contributed by atoms with Gasteiger partial charge in [0.1, 0.15) is 0 Å². The number of hydrazine groups is 1. The molecule has 76 valence electrons. The molecular formula is C12H13N3. The molecule has 5 N–H and O–H groups in total. The predicted octanol–water partition coefficient (Wildman–Crippen LogP) is 2.14. The van der Waals surface area contributed by atoms with Gasteiger partial charge in [0.2, 0.25) is 0 Å². The number of hydrogen-bond donors (Lipinski definition) is 3. The molecule has 0 spiro atoms. The van der Waals surface area contributed by atoms with Gasteiger partial charge in [-0.1, -0.05) is 36.4 Å². The van der Waals surface area contributed by atoms with E-state index in [1.165, 1.54) is 21.7 Å². The number of H-pyrrole nitrogens is 1. The predicted molar refractivity (Wildman–Crippen MR) is 64.2 cm³/mol. The standard InChI is InChI=1S/C12H9N.H4N2/c1-2-4-11-9(3-1)5-6-10-7-8-13-12(10)11;1-2/h1-8,13H;1-2H2. The molecule has 3 aromatic rings. The second-order valence-corrected chi connectivity index (χ2v) is 3.23. The van der Waals surface area contributed by atoms with Crippen LogP contribution in [0.15, 0.2) is 48.7 Å². The summed E-state index contributed by atoms with van der Waals surface area (Å²) >= 11 is 0. The van der Waals surface area contributed by atoms with Gasteiger partial charge in [0, 0.05) is 17.0 Å². The fraction of sp³-hybridized carbons (Fsp3) is 0. The van der Waals surface area contributed by atoms with Crippen LogP contribution in [-0.4, -0.2) is 4.98 Å². The molecule has 2 aromatic carbocycles. The van der Waals surface area contributed by atoms with Gasteiger partial charge < -0.3 is 4.98 Å². The Balaban J connectivity index is 0.000000404. The smallest absolute Gasteiger partial charge is 0.0533 e. The first-order chi connectivity index (χ1) is 7.45. The van der Waals surface area contributed by atoms with Gasteiger partial charge in [-0.15, -0.1) is 0 Å². The summed E-state index contributed by atoms with van der Waals surface area (Å²) in [6.45, 7) is 0. The van der Waals surface area contributed by atoms with Crippen LogP contribution in [0.25, 0.3) is 21.7 Å². The molecule has 0 aliphatic carbocycles. The lowest BCUT2D eigenvalue weighted by molar-refractivity contribution is 1.26. The van der Waals surface area contributed by atoms with Crippen LogP contribution in [0.1, 0.15) is 0 Å². The molecule has 1 aromatic heterocycles. The van der Waals surface area contributed by atoms with Crippen molar-refractivity contribution in [2.24, 2.45) is 11.7 Å². The van der Waals surface area contributed by atoms with E-state index in [-0.39, 0.29) is 0 Å². The van der Waals surface area contributed by atoms with E-state index in [4.69, 9.17) is 0 Å². The number of nitrogens with one attached hydrogen (secondary N) is 1. The van der Waals surface area contributed by atoms with Gasteiger partial charge in [-0.3, -0.25) is 11.7 Å². The minimum Gasteiger partial charge on any atom is -0.361 e. The van der Waals surface area contributed by atoms with Crippen molar-refractivity contribution in [2.75, 3.05) is 0 Å². The third kappa shape index (κ3) is 1.58. The largest absolute Gasteiger partial charge is 0.361 e. The minimum atomic E-state index is 1.23. The molecule has 0 amide bonds. The Hall–Kier alpha value is -1.84. The van der Waals surface area contributed by atoms with Crippen LogP contribution in [0.2, 0.25) is 0 Å². The third-order valence-corrected chi connectivity index (χ3v) is 2.45. The van der Waals surface area contributed by atoms with E-state index < -0.39 is 0 Å². The molecule has 0 aliphatic rings. The molecule has 3 nitrogen and oxygen atoms in total. The highest BCUT2D eigenvalue weighted by Gasteiger charge is 1.98. The Kier molecular flexibility index (Phi) is 2.67. The fourth-order valence-electron chi connectivity index (χ4n) is 1.80. The zero-order chi connectivity index (χ0) is 10.7. The summed E-state index contributed by atoms with van der Waals surface area (Å²) in [4.78, 5) is 3.26. The SMILES string of the molecule is NN.c1ccc2c(c1)ccc1cc[nH]c12. The number of benzene rings is 2. The van der Waals surface area contributed by atoms with Crippen molar-refractivity contribution in [1.82, 2.24) is 4.98 Å². The topological polar surface area (TPSA) is 67.8 Å². The monoisotopic (exact) mass is 199 g/mol. The van der Waals surface area contributed by atoms with Crippen LogP contribution in [-0.2, 0) is 0 Å². The molecule has 0 fully saturated rings. The lowest BCUT2D eigenvalue weighted by atomic mass is 10.1. The van der Waals surface area contributed by atoms with E-state index in [1.54, 1.807) is 0 Å². The zero-order valence-electron chi connectivity index (χ0n) is 8.27. The number of rotatable bonds is 0. The lowest BCUT2D eigenvalue weighted by Crippen LogP contribution is -2.02. The molecule has 3 heteroatoms. The molecule has 0 saturated carbocycles. The van der Waals surface area contributed by atoms with Crippen molar-refractivity contribution in [3.05, 3.63) is 48.7 Å². The van der Waals surface area contributed by atoms with E-state index in [2.05, 4.69) is 59.1 Å². The summed E-state index contributed by atoms with van der Waals surface area (Å²) in [7, 11) is 0. The van der Waals surface area contributed by atoms with Crippen molar-refractivity contribution in [3.63, 3.8) is 0 Å². The molecular weight excluding hydrogens is 186 g/mol. The molecule has 15 heavy (non-hydrogen) atoms. The third-order valence-electron chi connectivity index (χ3n) is 2.45. The van der Waals surface area contributed by atoms with Crippen molar-refractivity contribution >= 4 is 21.7 Å². The molecule has 0 saturated heterocycles. The van der Waals surface area contributed by atoms with E-state index >= 15 is 0 Å². The average molecular weight is 199 g/mol. The molecule has 0 atom stereocenters. The van der Waals surface area contributed by atoms with Crippen molar-refractivity contribution < 1.29 is 0 Å². The lowest BCUT2D eigenvalue weighted by Gasteiger charge is -1.97. The highest BCUT2D eigenvalue weighted by Crippen LogP contribution is 2.23. The molecule has 0 unspecified atom stereocenters. The summed E-state index contributed by atoms with van der Waals surface area (Å²) in [5, 5.41) is 3.86. The maximum Gasteiger partial charge on any atom is 0.0533 e. The number of fused-ring (bicyclic) bond motifs is 3. The molecule has 0 radical (unpaired) electrons. The summed E-state index contributed by atoms with van der Waals surface area (Å²) in [6, 6.07) is 14.8. The Morgan fingerprint density at radius 1 is 0.800 bits per heavy atom. The second-order valence-electron chi connectivity index (χ2n) is 3.23. The van der Waals surface area contributed by atoms with E-state index in [9.17, 15) is 0 Å². The fourth-order valence-corrected chi connectivity index (χ4v) is 1.80. The Morgan fingerprint density at radius 3 is 2.40 bits per heavy atom. The normalized spacial score (nSPS) is 10.0. The van der Waals surface area contributed by atoms with Gasteiger partial charge in [0.05, 0.1) is 5.52 Å². The molecule has 0 bridgehead atoms. The molecule has 0 aliphatic heterocycles. The van der Waals surface area contributed by atoms with E-state index in [0.717, 1.165) is 0 Å². The van der Waals surface area contributed by atoms with Crippen LogP contribution < -0.4 is 11.7 Å². The average Bonchev–Trinajstić information content (AvgIpc) is 2.80. The quantitative estimate of drug-likeness (QED) is 0.383. The Morgan fingerprint density at radius 2 is 1.53 bits per heavy atom. The number of aromatic nitrogens is 1. The summed E-state index contributed by atoms with van der Waals surface area (Å²) < 4.78 is 0. The first-order valence-electron chi connectivity index (χ1n) is 4.73. The van der Waals surface area contributed by atoms with Gasteiger partial charge in [0.15, 0.2) is 0 Å². The van der Waals surface area contributed by atoms with Gasteiger partial charge in [-0.2, -0.15) is 0 Å². The van der Waals surface area contributed by atoms with Gasteiger partial charge >= 0.3 is 0 Å². The number of hydrogen-bond acceptors (Lipinski definition) is 2. The first kappa shape index (κ1) is 9.71. The highest BCUT2D eigenvalue weighted by atomic mass is 15.0. The maximum atomic E-state index is 4.00. The van der Waals surface area contributed by atoms with Crippen LogP contribution in [0, 0.1) is 0 Å². The molecule has 1 heterocycles. The van der Waals surface area contributed by atoms with E-state index in [0.29, 0.717) is 0 Å². The maximum absolute atomic E-state index is 4.00. The zero-order valence-corrected chi connectivity index (χ0v) is 8.27. The van der Waals surface area contributed by atoms with Gasteiger partial charge in [-0.25, -0.2) is 0 Å². The molecule has 3 rings (SSSR count). The van der Waals surface area contributed by atoms with Crippen LogP contribution in [0.4, 0.5) is 0 Å². The van der Waals surface area contributed by atoms with Gasteiger partial charge in [0.25, 0.3) is 0 Å². The van der Waals surface area contributed by atoms with Crippen LogP contribution in [0.3, 0.4) is 0 Å².